The molecule has 1 heterocycles. The first-order chi connectivity index (χ1) is 13.4. The van der Waals surface area contributed by atoms with Gasteiger partial charge in [0.1, 0.15) is 5.75 Å². The van der Waals surface area contributed by atoms with Gasteiger partial charge in [0.05, 0.1) is 4.92 Å². The van der Waals surface area contributed by atoms with Gasteiger partial charge in [-0.1, -0.05) is 24.3 Å². The number of carbonyl (C=O) groups excluding carboxylic acids is 2. The molecule has 3 rings (SSSR count). The third kappa shape index (κ3) is 4.64. The Bertz CT molecular complexity index is 881. The fraction of sp³-hybridized carbons (Fsp3) is 0.300. The molecule has 2 aromatic rings. The van der Waals surface area contributed by atoms with Gasteiger partial charge in [-0.05, 0) is 36.6 Å². The number of benzene rings is 2. The molecule has 0 aromatic heterocycles. The number of amides is 1. The highest BCUT2D eigenvalue weighted by Gasteiger charge is 2.27. The zero-order valence-electron chi connectivity index (χ0n) is 15.4. The Morgan fingerprint density at radius 1 is 1.14 bits per heavy atom. The molecule has 146 valence electrons. The molecule has 2 aromatic carbocycles. The van der Waals surface area contributed by atoms with E-state index in [0.717, 1.165) is 12.0 Å². The van der Waals surface area contributed by atoms with Crippen LogP contribution in [0.25, 0.3) is 0 Å². The van der Waals surface area contributed by atoms with Gasteiger partial charge in [0.15, 0.2) is 12.7 Å². The number of hydrogen-bond acceptors (Lipinski definition) is 6. The van der Waals surface area contributed by atoms with Gasteiger partial charge < -0.3 is 14.4 Å². The minimum atomic E-state index is -0.918. The zero-order chi connectivity index (χ0) is 20.1. The van der Waals surface area contributed by atoms with Crippen molar-refractivity contribution in [1.29, 1.82) is 0 Å². The van der Waals surface area contributed by atoms with Crippen molar-refractivity contribution >= 4 is 17.6 Å². The highest BCUT2D eigenvalue weighted by molar-refractivity contribution is 5.84. The number of non-ortho nitro benzene ring substituents is 1. The topological polar surface area (TPSA) is 99.0 Å². The van der Waals surface area contributed by atoms with Crippen molar-refractivity contribution in [1.82, 2.24) is 4.90 Å². The van der Waals surface area contributed by atoms with Crippen LogP contribution in [0, 0.1) is 10.1 Å². The molecule has 0 unspecified atom stereocenters. The number of fused-ring (bicyclic) bond motifs is 1. The molecule has 28 heavy (non-hydrogen) atoms. The number of rotatable bonds is 6. The van der Waals surface area contributed by atoms with Crippen molar-refractivity contribution in [2.24, 2.45) is 0 Å². The second kappa shape index (κ2) is 8.51. The second-order valence-corrected chi connectivity index (χ2v) is 6.45. The van der Waals surface area contributed by atoms with Crippen LogP contribution >= 0.6 is 0 Å². The Morgan fingerprint density at radius 2 is 1.82 bits per heavy atom. The number of carbonyl (C=O) groups is 2. The van der Waals surface area contributed by atoms with Gasteiger partial charge in [0.2, 0.25) is 0 Å². The molecule has 8 nitrogen and oxygen atoms in total. The van der Waals surface area contributed by atoms with Gasteiger partial charge in [-0.15, -0.1) is 0 Å². The van der Waals surface area contributed by atoms with Crippen molar-refractivity contribution in [3.8, 4) is 5.75 Å². The normalized spacial score (nSPS) is 14.0. The number of esters is 1. The molecule has 0 fully saturated rings. The largest absolute Gasteiger partial charge is 0.482 e. The van der Waals surface area contributed by atoms with E-state index in [9.17, 15) is 19.7 Å². The molecule has 1 atom stereocenters. The van der Waals surface area contributed by atoms with E-state index in [1.807, 2.05) is 18.2 Å². The Hall–Kier alpha value is -3.42. The molecule has 8 heteroatoms. The van der Waals surface area contributed by atoms with E-state index in [-0.39, 0.29) is 11.6 Å². The molecule has 0 aliphatic carbocycles. The summed E-state index contributed by atoms with van der Waals surface area (Å²) in [4.78, 5) is 36.3. The third-order valence-electron chi connectivity index (χ3n) is 4.50. The van der Waals surface area contributed by atoms with Crippen LogP contribution in [0.1, 0.15) is 18.1 Å². The first kappa shape index (κ1) is 19.3. The average molecular weight is 384 g/mol. The Kier molecular flexibility index (Phi) is 5.88. The highest BCUT2D eigenvalue weighted by Crippen LogP contribution is 2.20. The molecule has 0 bridgehead atoms. The van der Waals surface area contributed by atoms with Gasteiger partial charge in [0, 0.05) is 25.2 Å². The standard InChI is InChI=1S/C20H20N2O6/c1-14(20(24)21-11-10-15-4-2-3-5-16(15)12-21)28-19(23)13-27-18-8-6-17(7-9-18)22(25)26/h2-9,14H,10-13H2,1H3/t14-/m0/s1. The Labute approximate surface area is 161 Å². The van der Waals surface area contributed by atoms with Gasteiger partial charge in [-0.25, -0.2) is 4.79 Å². The van der Waals surface area contributed by atoms with Crippen molar-refractivity contribution in [2.45, 2.75) is 26.0 Å². The summed E-state index contributed by atoms with van der Waals surface area (Å²) in [6.07, 6.45) is -0.149. The molecular formula is C20H20N2O6. The lowest BCUT2D eigenvalue weighted by Crippen LogP contribution is -2.43. The minimum Gasteiger partial charge on any atom is -0.482 e. The van der Waals surface area contributed by atoms with E-state index >= 15 is 0 Å². The quantitative estimate of drug-likeness (QED) is 0.431. The van der Waals surface area contributed by atoms with Crippen LogP contribution in [0.4, 0.5) is 5.69 Å². The summed E-state index contributed by atoms with van der Waals surface area (Å²) < 4.78 is 10.4. The predicted octanol–water partition coefficient (Wildman–Crippen LogP) is 2.49. The number of nitro benzene ring substituents is 1. The van der Waals surface area contributed by atoms with E-state index in [2.05, 4.69) is 6.07 Å². The van der Waals surface area contributed by atoms with Crippen LogP contribution in [-0.2, 0) is 27.3 Å². The lowest BCUT2D eigenvalue weighted by molar-refractivity contribution is -0.384. The van der Waals surface area contributed by atoms with Crippen molar-refractivity contribution in [2.75, 3.05) is 13.2 Å². The third-order valence-corrected chi connectivity index (χ3v) is 4.50. The van der Waals surface area contributed by atoms with Crippen LogP contribution in [0.15, 0.2) is 48.5 Å². The predicted molar refractivity (Wildman–Crippen MR) is 99.7 cm³/mol. The summed E-state index contributed by atoms with van der Waals surface area (Å²) in [5.41, 5.74) is 2.26. The van der Waals surface area contributed by atoms with Gasteiger partial charge in [-0.3, -0.25) is 14.9 Å². The number of ether oxygens (including phenoxy) is 2. The van der Waals surface area contributed by atoms with E-state index in [0.29, 0.717) is 18.8 Å². The van der Waals surface area contributed by atoms with Gasteiger partial charge >= 0.3 is 5.97 Å². The molecule has 0 saturated carbocycles. The smallest absolute Gasteiger partial charge is 0.344 e. The second-order valence-electron chi connectivity index (χ2n) is 6.45. The number of nitrogens with zero attached hydrogens (tertiary/aromatic N) is 2. The molecule has 0 N–H and O–H groups in total. The number of hydrogen-bond donors (Lipinski definition) is 0. The minimum absolute atomic E-state index is 0.0720. The van der Waals surface area contributed by atoms with Crippen LogP contribution in [0.3, 0.4) is 0 Å². The maximum atomic E-state index is 12.6. The summed E-state index contributed by atoms with van der Waals surface area (Å²) in [7, 11) is 0. The van der Waals surface area contributed by atoms with E-state index < -0.39 is 23.6 Å². The number of nitro groups is 1. The molecule has 1 aliphatic rings. The maximum Gasteiger partial charge on any atom is 0.344 e. The monoisotopic (exact) mass is 384 g/mol. The van der Waals surface area contributed by atoms with E-state index in [1.54, 1.807) is 4.90 Å². The fourth-order valence-electron chi connectivity index (χ4n) is 3.03. The lowest BCUT2D eigenvalue weighted by Gasteiger charge is -2.30. The van der Waals surface area contributed by atoms with Gasteiger partial charge in [0.25, 0.3) is 11.6 Å². The lowest BCUT2D eigenvalue weighted by atomic mass is 9.99. The van der Waals surface area contributed by atoms with Crippen molar-refractivity contribution in [3.63, 3.8) is 0 Å². The maximum absolute atomic E-state index is 12.6. The Balaban J connectivity index is 1.48. The summed E-state index contributed by atoms with van der Waals surface area (Å²) in [5, 5.41) is 10.6. The molecular weight excluding hydrogens is 364 g/mol. The Morgan fingerprint density at radius 3 is 2.50 bits per heavy atom. The molecule has 1 amide bonds. The highest BCUT2D eigenvalue weighted by atomic mass is 16.6. The molecule has 0 spiro atoms. The molecule has 1 aliphatic heterocycles. The van der Waals surface area contributed by atoms with Crippen LogP contribution in [0.2, 0.25) is 0 Å². The summed E-state index contributed by atoms with van der Waals surface area (Å²) >= 11 is 0. The first-order valence-corrected chi connectivity index (χ1v) is 8.86. The summed E-state index contributed by atoms with van der Waals surface area (Å²) in [5.74, 6) is -0.635. The van der Waals surface area contributed by atoms with Crippen LogP contribution in [-0.4, -0.2) is 41.0 Å². The van der Waals surface area contributed by atoms with Gasteiger partial charge in [-0.2, -0.15) is 0 Å². The van der Waals surface area contributed by atoms with E-state index in [1.165, 1.54) is 36.8 Å². The average Bonchev–Trinajstić information content (AvgIpc) is 2.71. The van der Waals surface area contributed by atoms with Crippen LogP contribution < -0.4 is 4.74 Å². The van der Waals surface area contributed by atoms with Crippen molar-refractivity contribution in [3.05, 3.63) is 69.8 Å². The van der Waals surface area contributed by atoms with E-state index in [4.69, 9.17) is 9.47 Å². The SMILES string of the molecule is C[C@H](OC(=O)COc1ccc([N+](=O)[O-])cc1)C(=O)N1CCc2ccccc2C1. The molecule has 0 radical (unpaired) electrons. The fourth-order valence-corrected chi connectivity index (χ4v) is 3.03. The summed E-state index contributed by atoms with van der Waals surface area (Å²) in [6, 6.07) is 13.3. The van der Waals surface area contributed by atoms with Crippen molar-refractivity contribution < 1.29 is 24.0 Å². The van der Waals surface area contributed by atoms with Crippen LogP contribution in [0.5, 0.6) is 5.75 Å². The summed E-state index contributed by atoms with van der Waals surface area (Å²) in [6.45, 7) is 2.22. The molecule has 0 saturated heterocycles. The zero-order valence-corrected chi connectivity index (χ0v) is 15.4. The first-order valence-electron chi connectivity index (χ1n) is 8.86.